The standard InChI is InChI=1S/C7H12ClN3O/c1-12-4-2-3-6-9-7(5-8)11-10-6/h2-5H2,1H3,(H,9,10,11). The third-order valence-electron chi connectivity index (χ3n) is 1.45. The number of rotatable bonds is 5. The van der Waals surface area contributed by atoms with E-state index in [1.54, 1.807) is 7.11 Å². The van der Waals surface area contributed by atoms with E-state index in [-0.39, 0.29) is 0 Å². The zero-order valence-electron chi connectivity index (χ0n) is 7.01. The van der Waals surface area contributed by atoms with Crippen molar-refractivity contribution in [2.75, 3.05) is 13.7 Å². The van der Waals surface area contributed by atoms with Gasteiger partial charge in [-0.2, -0.15) is 5.10 Å². The van der Waals surface area contributed by atoms with Gasteiger partial charge >= 0.3 is 0 Å². The fourth-order valence-electron chi connectivity index (χ4n) is 0.881. The molecule has 0 fully saturated rings. The van der Waals surface area contributed by atoms with Crippen LogP contribution in [0.15, 0.2) is 0 Å². The molecule has 0 saturated carbocycles. The summed E-state index contributed by atoms with van der Waals surface area (Å²) in [6.45, 7) is 0.741. The molecule has 1 aromatic heterocycles. The molecule has 5 heteroatoms. The molecule has 0 bridgehead atoms. The minimum atomic E-state index is 0.386. The van der Waals surface area contributed by atoms with Crippen molar-refractivity contribution in [3.8, 4) is 0 Å². The van der Waals surface area contributed by atoms with Crippen LogP contribution in [0.5, 0.6) is 0 Å². The fourth-order valence-corrected chi connectivity index (χ4v) is 1.00. The lowest BCUT2D eigenvalue weighted by atomic mass is 10.3. The van der Waals surface area contributed by atoms with Crippen LogP contribution in [-0.2, 0) is 17.0 Å². The number of nitrogens with one attached hydrogen (secondary N) is 1. The second-order valence-electron chi connectivity index (χ2n) is 2.43. The van der Waals surface area contributed by atoms with E-state index in [9.17, 15) is 0 Å². The van der Waals surface area contributed by atoms with Gasteiger partial charge in [-0.1, -0.05) is 0 Å². The van der Waals surface area contributed by atoms with Crippen LogP contribution in [0.25, 0.3) is 0 Å². The van der Waals surface area contributed by atoms with Crippen LogP contribution in [0.1, 0.15) is 18.1 Å². The number of aromatic nitrogens is 3. The van der Waals surface area contributed by atoms with Gasteiger partial charge in [0, 0.05) is 20.1 Å². The zero-order chi connectivity index (χ0) is 8.81. The van der Waals surface area contributed by atoms with Gasteiger partial charge in [0.15, 0.2) is 5.82 Å². The molecule has 0 spiro atoms. The van der Waals surface area contributed by atoms with Crippen molar-refractivity contribution in [2.45, 2.75) is 18.7 Å². The Hall–Kier alpha value is -0.610. The van der Waals surface area contributed by atoms with E-state index in [2.05, 4.69) is 15.2 Å². The number of hydrogen-bond acceptors (Lipinski definition) is 3. The topological polar surface area (TPSA) is 50.8 Å². The van der Waals surface area contributed by atoms with Crippen LogP contribution >= 0.6 is 11.6 Å². The lowest BCUT2D eigenvalue weighted by Crippen LogP contribution is -1.94. The minimum Gasteiger partial charge on any atom is -0.385 e. The summed E-state index contributed by atoms with van der Waals surface area (Å²) in [5, 5.41) is 6.73. The highest BCUT2D eigenvalue weighted by Gasteiger charge is 2.00. The van der Waals surface area contributed by atoms with Crippen molar-refractivity contribution in [1.29, 1.82) is 0 Å². The van der Waals surface area contributed by atoms with Gasteiger partial charge in [0.25, 0.3) is 0 Å². The Kier molecular flexibility index (Phi) is 4.04. The molecule has 0 amide bonds. The normalized spacial score (nSPS) is 10.5. The van der Waals surface area contributed by atoms with Crippen molar-refractivity contribution in [2.24, 2.45) is 0 Å². The van der Waals surface area contributed by atoms with Gasteiger partial charge in [0.2, 0.25) is 0 Å². The Morgan fingerprint density at radius 2 is 2.42 bits per heavy atom. The molecule has 0 saturated heterocycles. The Labute approximate surface area is 76.3 Å². The molecular weight excluding hydrogens is 178 g/mol. The third kappa shape index (κ3) is 2.79. The first-order chi connectivity index (χ1) is 5.86. The first kappa shape index (κ1) is 9.48. The number of aryl methyl sites for hydroxylation is 1. The van der Waals surface area contributed by atoms with Crippen LogP contribution in [0, 0.1) is 0 Å². The van der Waals surface area contributed by atoms with Gasteiger partial charge in [0.1, 0.15) is 5.82 Å². The first-order valence-corrected chi connectivity index (χ1v) is 4.35. The van der Waals surface area contributed by atoms with E-state index in [0.717, 1.165) is 31.1 Å². The molecule has 68 valence electrons. The molecule has 0 aliphatic heterocycles. The van der Waals surface area contributed by atoms with Gasteiger partial charge < -0.3 is 4.74 Å². The highest BCUT2D eigenvalue weighted by atomic mass is 35.5. The Bertz CT molecular complexity index is 226. The molecule has 1 N–H and O–H groups in total. The minimum absolute atomic E-state index is 0.386. The molecule has 1 rings (SSSR count). The van der Waals surface area contributed by atoms with Crippen molar-refractivity contribution < 1.29 is 4.74 Å². The highest BCUT2D eigenvalue weighted by molar-refractivity contribution is 6.16. The van der Waals surface area contributed by atoms with Gasteiger partial charge in [0.05, 0.1) is 5.88 Å². The molecule has 0 unspecified atom stereocenters. The van der Waals surface area contributed by atoms with E-state index in [1.165, 1.54) is 0 Å². The van der Waals surface area contributed by atoms with Crippen LogP contribution < -0.4 is 0 Å². The summed E-state index contributed by atoms with van der Waals surface area (Å²) in [5.74, 6) is 1.92. The number of alkyl halides is 1. The summed E-state index contributed by atoms with van der Waals surface area (Å²) in [6.07, 6.45) is 1.78. The molecule has 0 atom stereocenters. The van der Waals surface area contributed by atoms with E-state index in [4.69, 9.17) is 16.3 Å². The van der Waals surface area contributed by atoms with Crippen molar-refractivity contribution in [3.05, 3.63) is 11.6 Å². The third-order valence-corrected chi connectivity index (χ3v) is 1.71. The van der Waals surface area contributed by atoms with E-state index in [1.807, 2.05) is 0 Å². The van der Waals surface area contributed by atoms with E-state index >= 15 is 0 Å². The van der Waals surface area contributed by atoms with Crippen molar-refractivity contribution >= 4 is 11.6 Å². The van der Waals surface area contributed by atoms with Gasteiger partial charge in [-0.15, -0.1) is 11.6 Å². The second-order valence-corrected chi connectivity index (χ2v) is 2.70. The van der Waals surface area contributed by atoms with Crippen LogP contribution in [0.2, 0.25) is 0 Å². The van der Waals surface area contributed by atoms with E-state index < -0.39 is 0 Å². The van der Waals surface area contributed by atoms with Crippen molar-refractivity contribution in [1.82, 2.24) is 15.2 Å². The largest absolute Gasteiger partial charge is 0.385 e. The number of halogens is 1. The molecule has 0 aromatic carbocycles. The first-order valence-electron chi connectivity index (χ1n) is 3.82. The predicted molar refractivity (Wildman–Crippen MR) is 46.1 cm³/mol. The zero-order valence-corrected chi connectivity index (χ0v) is 7.76. The number of aromatic amines is 1. The smallest absolute Gasteiger partial charge is 0.150 e. The average Bonchev–Trinajstić information content (AvgIpc) is 2.53. The van der Waals surface area contributed by atoms with Crippen molar-refractivity contribution in [3.63, 3.8) is 0 Å². The quantitative estimate of drug-likeness (QED) is 0.558. The fraction of sp³-hybridized carbons (Fsp3) is 0.714. The summed E-state index contributed by atoms with van der Waals surface area (Å²) in [6, 6.07) is 0. The molecule has 1 aromatic rings. The molecule has 0 aliphatic carbocycles. The lowest BCUT2D eigenvalue weighted by molar-refractivity contribution is 0.194. The summed E-state index contributed by atoms with van der Waals surface area (Å²) < 4.78 is 4.90. The molecule has 4 nitrogen and oxygen atoms in total. The maximum Gasteiger partial charge on any atom is 0.150 e. The number of nitrogens with zero attached hydrogens (tertiary/aromatic N) is 2. The molecular formula is C7H12ClN3O. The summed E-state index contributed by atoms with van der Waals surface area (Å²) in [5.41, 5.74) is 0. The summed E-state index contributed by atoms with van der Waals surface area (Å²) in [4.78, 5) is 4.15. The monoisotopic (exact) mass is 189 g/mol. The van der Waals surface area contributed by atoms with Gasteiger partial charge in [-0.05, 0) is 6.42 Å². The molecule has 12 heavy (non-hydrogen) atoms. The average molecular weight is 190 g/mol. The number of H-pyrrole nitrogens is 1. The van der Waals surface area contributed by atoms with Gasteiger partial charge in [-0.3, -0.25) is 5.10 Å². The Morgan fingerprint density at radius 3 is 3.00 bits per heavy atom. The summed E-state index contributed by atoms with van der Waals surface area (Å²) in [7, 11) is 1.68. The maximum absolute atomic E-state index is 5.54. The molecule has 1 heterocycles. The van der Waals surface area contributed by atoms with Crippen LogP contribution in [0.3, 0.4) is 0 Å². The van der Waals surface area contributed by atoms with Crippen LogP contribution in [0.4, 0.5) is 0 Å². The second kappa shape index (κ2) is 5.11. The summed E-state index contributed by atoms with van der Waals surface area (Å²) >= 11 is 5.54. The molecule has 0 aliphatic rings. The number of ether oxygens (including phenoxy) is 1. The molecule has 0 radical (unpaired) electrons. The van der Waals surface area contributed by atoms with E-state index in [0.29, 0.717) is 5.88 Å². The highest BCUT2D eigenvalue weighted by Crippen LogP contribution is 1.99. The number of methoxy groups -OCH3 is 1. The predicted octanol–water partition coefficient (Wildman–Crippen LogP) is 1.12. The van der Waals surface area contributed by atoms with Crippen LogP contribution in [-0.4, -0.2) is 28.9 Å². The SMILES string of the molecule is COCCCc1n[nH]c(CCl)n1. The Morgan fingerprint density at radius 1 is 1.58 bits per heavy atom. The Balaban J connectivity index is 2.31. The van der Waals surface area contributed by atoms with Gasteiger partial charge in [-0.25, -0.2) is 4.98 Å². The lowest BCUT2D eigenvalue weighted by Gasteiger charge is -1.93. The number of hydrogen-bond donors (Lipinski definition) is 1. The maximum atomic E-state index is 5.54.